The van der Waals surface area contributed by atoms with Crippen molar-refractivity contribution in [2.45, 2.75) is 26.2 Å². The zero-order valence-electron chi connectivity index (χ0n) is 14.1. The molecule has 130 valence electrons. The number of methoxy groups -OCH3 is 1. The molecule has 0 radical (unpaired) electrons. The Balaban J connectivity index is 1.75. The highest BCUT2D eigenvalue weighted by molar-refractivity contribution is 6.33. The first-order chi connectivity index (χ1) is 11.5. The first-order valence-electron chi connectivity index (χ1n) is 8.42. The van der Waals surface area contributed by atoms with Crippen LogP contribution in [0.4, 0.5) is 11.4 Å². The Kier molecular flexibility index (Phi) is 4.99. The summed E-state index contributed by atoms with van der Waals surface area (Å²) in [6.45, 7) is 4.64. The largest absolute Gasteiger partial charge is 0.469 e. The fraction of sp³-hybridized carbons (Fsp3) is 0.556. The van der Waals surface area contributed by atoms with E-state index in [-0.39, 0.29) is 18.3 Å². The molecule has 0 aromatic heterocycles. The van der Waals surface area contributed by atoms with E-state index in [1.807, 2.05) is 18.2 Å². The Labute approximate surface area is 147 Å². The number of anilines is 2. The average molecular weight is 351 g/mol. The van der Waals surface area contributed by atoms with Crippen LogP contribution in [-0.4, -0.2) is 38.6 Å². The number of esters is 1. The van der Waals surface area contributed by atoms with E-state index in [4.69, 9.17) is 16.3 Å². The van der Waals surface area contributed by atoms with Crippen LogP contribution in [0.15, 0.2) is 18.2 Å². The van der Waals surface area contributed by atoms with E-state index in [0.29, 0.717) is 11.6 Å². The molecule has 1 amide bonds. The lowest BCUT2D eigenvalue weighted by atomic mass is 9.99. The molecule has 0 N–H and O–H groups in total. The van der Waals surface area contributed by atoms with Crippen LogP contribution in [0.5, 0.6) is 0 Å². The summed E-state index contributed by atoms with van der Waals surface area (Å²) >= 11 is 6.48. The molecule has 1 aromatic carbocycles. The van der Waals surface area contributed by atoms with Crippen LogP contribution in [0.1, 0.15) is 26.2 Å². The van der Waals surface area contributed by atoms with Gasteiger partial charge in [-0.1, -0.05) is 18.5 Å². The highest BCUT2D eigenvalue weighted by Gasteiger charge is 2.36. The van der Waals surface area contributed by atoms with Gasteiger partial charge in [-0.25, -0.2) is 0 Å². The van der Waals surface area contributed by atoms with Gasteiger partial charge in [0.05, 0.1) is 23.7 Å². The highest BCUT2D eigenvalue weighted by Crippen LogP contribution is 2.35. The number of ether oxygens (including phenoxy) is 1. The Morgan fingerprint density at radius 2 is 2.00 bits per heavy atom. The summed E-state index contributed by atoms with van der Waals surface area (Å²) in [5.74, 6) is -0.0432. The van der Waals surface area contributed by atoms with Crippen molar-refractivity contribution in [3.05, 3.63) is 23.2 Å². The zero-order chi connectivity index (χ0) is 17.3. The molecule has 2 heterocycles. The van der Waals surface area contributed by atoms with Gasteiger partial charge in [0.15, 0.2) is 0 Å². The lowest BCUT2D eigenvalue weighted by Gasteiger charge is -2.33. The van der Waals surface area contributed by atoms with Gasteiger partial charge in [-0.2, -0.15) is 0 Å². The topological polar surface area (TPSA) is 49.9 Å². The first-order valence-corrected chi connectivity index (χ1v) is 8.80. The van der Waals surface area contributed by atoms with Gasteiger partial charge in [0.1, 0.15) is 0 Å². The van der Waals surface area contributed by atoms with Crippen molar-refractivity contribution in [1.82, 2.24) is 0 Å². The van der Waals surface area contributed by atoms with E-state index in [0.717, 1.165) is 30.4 Å². The molecule has 2 aliphatic heterocycles. The number of rotatable bonds is 3. The molecule has 0 saturated carbocycles. The molecular weight excluding hydrogens is 328 g/mol. The van der Waals surface area contributed by atoms with E-state index in [1.54, 1.807) is 4.90 Å². The van der Waals surface area contributed by atoms with E-state index in [1.165, 1.54) is 20.0 Å². The number of piperidine rings is 1. The Hall–Kier alpha value is -1.75. The lowest BCUT2D eigenvalue weighted by Crippen LogP contribution is -2.33. The number of carbonyl (C=O) groups is 2. The number of nitrogens with zero attached hydrogens (tertiary/aromatic N) is 2. The van der Waals surface area contributed by atoms with E-state index in [2.05, 4.69) is 11.8 Å². The maximum Gasteiger partial charge on any atom is 0.311 e. The molecule has 2 fully saturated rings. The Morgan fingerprint density at radius 3 is 2.62 bits per heavy atom. The van der Waals surface area contributed by atoms with Crippen LogP contribution in [0.3, 0.4) is 0 Å². The number of carbonyl (C=O) groups excluding carboxylic acids is 2. The second-order valence-corrected chi connectivity index (χ2v) is 7.14. The van der Waals surface area contributed by atoms with Crippen molar-refractivity contribution < 1.29 is 14.3 Å². The zero-order valence-corrected chi connectivity index (χ0v) is 14.9. The van der Waals surface area contributed by atoms with Crippen molar-refractivity contribution in [3.8, 4) is 0 Å². The molecule has 0 spiro atoms. The minimum atomic E-state index is -0.399. The van der Waals surface area contributed by atoms with Crippen molar-refractivity contribution in [2.24, 2.45) is 11.8 Å². The fourth-order valence-corrected chi connectivity index (χ4v) is 3.75. The molecule has 24 heavy (non-hydrogen) atoms. The van der Waals surface area contributed by atoms with Crippen LogP contribution in [-0.2, 0) is 14.3 Å². The van der Waals surface area contributed by atoms with Crippen molar-refractivity contribution in [3.63, 3.8) is 0 Å². The highest BCUT2D eigenvalue weighted by atomic mass is 35.5. The molecule has 3 rings (SSSR count). The number of hydrogen-bond acceptors (Lipinski definition) is 4. The van der Waals surface area contributed by atoms with Crippen molar-refractivity contribution in [2.75, 3.05) is 36.5 Å². The van der Waals surface area contributed by atoms with Crippen LogP contribution in [0.25, 0.3) is 0 Å². The maximum absolute atomic E-state index is 12.2. The second kappa shape index (κ2) is 7.01. The minimum absolute atomic E-state index is 0.0685. The van der Waals surface area contributed by atoms with Gasteiger partial charge < -0.3 is 14.5 Å². The summed E-state index contributed by atoms with van der Waals surface area (Å²) in [6.07, 6.45) is 2.53. The number of hydrogen-bond donors (Lipinski definition) is 0. The maximum atomic E-state index is 12.2. The van der Waals surface area contributed by atoms with Crippen LogP contribution >= 0.6 is 11.6 Å². The fourth-order valence-electron chi connectivity index (χ4n) is 3.45. The summed E-state index contributed by atoms with van der Waals surface area (Å²) in [4.78, 5) is 27.8. The van der Waals surface area contributed by atoms with Crippen LogP contribution in [0.2, 0.25) is 5.02 Å². The molecule has 1 unspecified atom stereocenters. The molecule has 1 aromatic rings. The van der Waals surface area contributed by atoms with Gasteiger partial charge in [-0.15, -0.1) is 0 Å². The van der Waals surface area contributed by atoms with Crippen molar-refractivity contribution >= 4 is 34.9 Å². The van der Waals surface area contributed by atoms with E-state index >= 15 is 0 Å². The monoisotopic (exact) mass is 350 g/mol. The standard InChI is InChI=1S/C18H23ClN2O3/c1-12-5-7-20(8-6-12)16-4-3-14(10-15(16)19)21-11-13(9-17(21)22)18(23)24-2/h3-4,10,12-13H,5-9,11H2,1-2H3. The SMILES string of the molecule is COC(=O)C1CC(=O)N(c2ccc(N3CCC(C)CC3)c(Cl)c2)C1. The average Bonchev–Trinajstić information content (AvgIpc) is 2.97. The summed E-state index contributed by atoms with van der Waals surface area (Å²) in [5.41, 5.74) is 1.76. The van der Waals surface area contributed by atoms with Crippen LogP contribution < -0.4 is 9.80 Å². The quantitative estimate of drug-likeness (QED) is 0.786. The van der Waals surface area contributed by atoms with Gasteiger partial charge in [-0.05, 0) is 37.0 Å². The van der Waals surface area contributed by atoms with Gasteiger partial charge in [-0.3, -0.25) is 9.59 Å². The summed E-state index contributed by atoms with van der Waals surface area (Å²) in [6, 6.07) is 5.72. The molecule has 2 aliphatic rings. The molecule has 5 nitrogen and oxygen atoms in total. The summed E-state index contributed by atoms with van der Waals surface area (Å²) in [7, 11) is 1.35. The van der Waals surface area contributed by atoms with E-state index in [9.17, 15) is 9.59 Å². The molecule has 2 saturated heterocycles. The number of benzene rings is 1. The smallest absolute Gasteiger partial charge is 0.311 e. The summed E-state index contributed by atoms with van der Waals surface area (Å²) in [5, 5.41) is 0.649. The Morgan fingerprint density at radius 1 is 1.29 bits per heavy atom. The predicted octanol–water partition coefficient (Wildman–Crippen LogP) is 3.10. The van der Waals surface area contributed by atoms with E-state index < -0.39 is 5.92 Å². The van der Waals surface area contributed by atoms with Crippen molar-refractivity contribution in [1.29, 1.82) is 0 Å². The molecular formula is C18H23ClN2O3. The minimum Gasteiger partial charge on any atom is -0.469 e. The molecule has 0 aliphatic carbocycles. The summed E-state index contributed by atoms with van der Waals surface area (Å²) < 4.78 is 4.75. The predicted molar refractivity (Wildman–Crippen MR) is 94.5 cm³/mol. The third-order valence-corrected chi connectivity index (χ3v) is 5.33. The third kappa shape index (κ3) is 3.36. The number of amides is 1. The van der Waals surface area contributed by atoms with Gasteiger partial charge in [0.25, 0.3) is 0 Å². The normalized spacial score (nSPS) is 22.1. The number of halogens is 1. The molecule has 0 bridgehead atoms. The van der Waals surface area contributed by atoms with Crippen LogP contribution in [0, 0.1) is 11.8 Å². The second-order valence-electron chi connectivity index (χ2n) is 6.73. The molecule has 1 atom stereocenters. The van der Waals surface area contributed by atoms with Gasteiger partial charge >= 0.3 is 5.97 Å². The molecule has 6 heteroatoms. The Bertz CT molecular complexity index is 641. The lowest BCUT2D eigenvalue weighted by molar-refractivity contribution is -0.145. The first kappa shape index (κ1) is 17.1. The van der Waals surface area contributed by atoms with Gasteiger partial charge in [0, 0.05) is 31.7 Å². The third-order valence-electron chi connectivity index (χ3n) is 5.03. The van der Waals surface area contributed by atoms with Gasteiger partial charge in [0.2, 0.25) is 5.91 Å².